The lowest BCUT2D eigenvalue weighted by Gasteiger charge is -2.06. The Bertz CT molecular complexity index is 559. The van der Waals surface area contributed by atoms with Crippen molar-refractivity contribution >= 4 is 22.5 Å². The average Bonchev–Trinajstić information content (AvgIpc) is 3.05. The largest absolute Gasteiger partial charge is 0.324 e. The number of rotatable bonds is 5. The minimum atomic E-state index is 0.0326. The first-order valence-corrected chi connectivity index (χ1v) is 6.28. The summed E-state index contributed by atoms with van der Waals surface area (Å²) in [7, 11) is 0. The third kappa shape index (κ3) is 2.51. The van der Waals surface area contributed by atoms with Crippen molar-refractivity contribution in [1.82, 2.24) is 15.5 Å². The van der Waals surface area contributed by atoms with Gasteiger partial charge in [-0.15, -0.1) is 0 Å². The van der Waals surface area contributed by atoms with Gasteiger partial charge in [0.2, 0.25) is 5.91 Å². The zero-order chi connectivity index (χ0) is 12.4. The second-order valence-corrected chi connectivity index (χ2v) is 4.67. The zero-order valence-electron chi connectivity index (χ0n) is 10.1. The van der Waals surface area contributed by atoms with Crippen molar-refractivity contribution in [3.8, 4) is 0 Å². The molecule has 0 bridgehead atoms. The van der Waals surface area contributed by atoms with Gasteiger partial charge in [0.25, 0.3) is 0 Å². The molecule has 1 amide bonds. The van der Waals surface area contributed by atoms with Crippen LogP contribution in [0.3, 0.4) is 0 Å². The lowest BCUT2D eigenvalue weighted by molar-refractivity contribution is -0.116. The summed E-state index contributed by atoms with van der Waals surface area (Å²) in [6.07, 6.45) is 4.74. The summed E-state index contributed by atoms with van der Waals surface area (Å²) >= 11 is 0. The highest BCUT2D eigenvalue weighted by Crippen LogP contribution is 2.21. The van der Waals surface area contributed by atoms with Crippen molar-refractivity contribution in [2.24, 2.45) is 0 Å². The molecule has 5 heteroatoms. The van der Waals surface area contributed by atoms with Crippen LogP contribution in [0.5, 0.6) is 0 Å². The first kappa shape index (κ1) is 11.2. The molecule has 0 atom stereocenters. The van der Waals surface area contributed by atoms with Crippen molar-refractivity contribution in [2.75, 3.05) is 11.9 Å². The molecule has 94 valence electrons. The van der Waals surface area contributed by atoms with E-state index in [1.54, 1.807) is 6.20 Å². The Hall–Kier alpha value is -1.88. The maximum atomic E-state index is 11.8. The smallest absolute Gasteiger partial charge is 0.225 e. The van der Waals surface area contributed by atoms with Crippen LogP contribution >= 0.6 is 0 Å². The van der Waals surface area contributed by atoms with E-state index in [2.05, 4.69) is 20.8 Å². The summed E-state index contributed by atoms with van der Waals surface area (Å²) in [6.45, 7) is 0.745. The molecule has 0 aliphatic heterocycles. The third-order valence-electron chi connectivity index (χ3n) is 3.11. The number of benzene rings is 1. The Kier molecular flexibility index (Phi) is 2.98. The van der Waals surface area contributed by atoms with Crippen molar-refractivity contribution < 1.29 is 4.79 Å². The molecule has 3 rings (SSSR count). The van der Waals surface area contributed by atoms with E-state index in [1.165, 1.54) is 12.8 Å². The molecule has 1 aliphatic carbocycles. The maximum Gasteiger partial charge on any atom is 0.225 e. The SMILES string of the molecule is O=C(CCNC1CC1)Nc1cccc2cn[nH]c12. The van der Waals surface area contributed by atoms with Gasteiger partial charge in [0, 0.05) is 24.4 Å². The van der Waals surface area contributed by atoms with Crippen LogP contribution in [-0.2, 0) is 4.79 Å². The van der Waals surface area contributed by atoms with Crippen LogP contribution in [0.2, 0.25) is 0 Å². The van der Waals surface area contributed by atoms with Gasteiger partial charge in [0.15, 0.2) is 0 Å². The molecular weight excluding hydrogens is 228 g/mol. The van der Waals surface area contributed by atoms with Gasteiger partial charge in [-0.2, -0.15) is 5.10 Å². The van der Waals surface area contributed by atoms with Crippen LogP contribution in [0.4, 0.5) is 5.69 Å². The Balaban J connectivity index is 1.60. The van der Waals surface area contributed by atoms with E-state index in [9.17, 15) is 4.79 Å². The van der Waals surface area contributed by atoms with Crippen LogP contribution in [0.15, 0.2) is 24.4 Å². The number of fused-ring (bicyclic) bond motifs is 1. The maximum absolute atomic E-state index is 11.8. The van der Waals surface area contributed by atoms with Crippen molar-refractivity contribution in [1.29, 1.82) is 0 Å². The summed E-state index contributed by atoms with van der Waals surface area (Å²) in [5.41, 5.74) is 1.67. The molecule has 1 saturated carbocycles. The third-order valence-corrected chi connectivity index (χ3v) is 3.11. The molecule has 0 saturated heterocycles. The number of carbonyl (C=O) groups is 1. The number of anilines is 1. The molecule has 0 radical (unpaired) electrons. The van der Waals surface area contributed by atoms with Gasteiger partial charge < -0.3 is 10.6 Å². The summed E-state index contributed by atoms with van der Waals surface area (Å²) < 4.78 is 0. The zero-order valence-corrected chi connectivity index (χ0v) is 10.1. The minimum absolute atomic E-state index is 0.0326. The fourth-order valence-electron chi connectivity index (χ4n) is 1.96. The highest BCUT2D eigenvalue weighted by Gasteiger charge is 2.20. The molecule has 0 unspecified atom stereocenters. The molecule has 1 aromatic heterocycles. The van der Waals surface area contributed by atoms with Crippen molar-refractivity contribution in [2.45, 2.75) is 25.3 Å². The number of carbonyl (C=O) groups excluding carboxylic acids is 1. The average molecular weight is 244 g/mol. The van der Waals surface area contributed by atoms with E-state index in [0.717, 1.165) is 23.1 Å². The van der Waals surface area contributed by atoms with Crippen molar-refractivity contribution in [3.63, 3.8) is 0 Å². The van der Waals surface area contributed by atoms with E-state index >= 15 is 0 Å². The number of aromatic amines is 1. The van der Waals surface area contributed by atoms with E-state index < -0.39 is 0 Å². The first-order chi connectivity index (χ1) is 8.83. The van der Waals surface area contributed by atoms with Gasteiger partial charge in [-0.25, -0.2) is 0 Å². The second-order valence-electron chi connectivity index (χ2n) is 4.67. The topological polar surface area (TPSA) is 69.8 Å². The van der Waals surface area contributed by atoms with Crippen molar-refractivity contribution in [3.05, 3.63) is 24.4 Å². The Morgan fingerprint density at radius 1 is 1.44 bits per heavy atom. The van der Waals surface area contributed by atoms with E-state index in [0.29, 0.717) is 12.5 Å². The van der Waals surface area contributed by atoms with Crippen LogP contribution < -0.4 is 10.6 Å². The first-order valence-electron chi connectivity index (χ1n) is 6.28. The molecule has 0 spiro atoms. The van der Waals surface area contributed by atoms with Gasteiger partial charge in [0.05, 0.1) is 17.4 Å². The van der Waals surface area contributed by atoms with Crippen LogP contribution in [0.25, 0.3) is 10.9 Å². The molecule has 2 aromatic rings. The highest BCUT2D eigenvalue weighted by atomic mass is 16.1. The van der Waals surface area contributed by atoms with Gasteiger partial charge >= 0.3 is 0 Å². The van der Waals surface area contributed by atoms with E-state index in [-0.39, 0.29) is 5.91 Å². The number of nitrogens with zero attached hydrogens (tertiary/aromatic N) is 1. The van der Waals surface area contributed by atoms with Gasteiger partial charge in [-0.1, -0.05) is 12.1 Å². The molecule has 1 aromatic carbocycles. The Labute approximate surface area is 105 Å². The lowest BCUT2D eigenvalue weighted by atomic mass is 10.2. The molecule has 3 N–H and O–H groups in total. The molecule has 1 aliphatic rings. The van der Waals surface area contributed by atoms with Gasteiger partial charge in [-0.3, -0.25) is 9.89 Å². The summed E-state index contributed by atoms with van der Waals surface area (Å²) in [5.74, 6) is 0.0326. The minimum Gasteiger partial charge on any atom is -0.324 e. The molecule has 1 heterocycles. The molecular formula is C13H16N4O. The second kappa shape index (κ2) is 4.78. The standard InChI is InChI=1S/C13H16N4O/c18-12(6-7-14-10-4-5-10)16-11-3-1-2-9-8-15-17-13(9)11/h1-3,8,10,14H,4-7H2,(H,15,17)(H,16,18). The Morgan fingerprint density at radius 3 is 3.17 bits per heavy atom. The monoisotopic (exact) mass is 244 g/mol. The number of nitrogens with one attached hydrogen (secondary N) is 3. The van der Waals surface area contributed by atoms with E-state index in [1.807, 2.05) is 18.2 Å². The number of H-pyrrole nitrogens is 1. The van der Waals surface area contributed by atoms with Crippen LogP contribution in [-0.4, -0.2) is 28.7 Å². The highest BCUT2D eigenvalue weighted by molar-refractivity contribution is 6.00. The summed E-state index contributed by atoms with van der Waals surface area (Å²) in [5, 5.41) is 14.1. The molecule has 18 heavy (non-hydrogen) atoms. The number of aromatic nitrogens is 2. The normalized spacial score (nSPS) is 14.9. The molecule has 1 fully saturated rings. The van der Waals surface area contributed by atoms with Gasteiger partial charge in [-0.05, 0) is 18.9 Å². The summed E-state index contributed by atoms with van der Waals surface area (Å²) in [4.78, 5) is 11.8. The quantitative estimate of drug-likeness (QED) is 0.749. The Morgan fingerprint density at radius 2 is 2.33 bits per heavy atom. The number of hydrogen-bond donors (Lipinski definition) is 3. The summed E-state index contributed by atoms with van der Waals surface area (Å²) in [6, 6.07) is 6.40. The lowest BCUT2D eigenvalue weighted by Crippen LogP contribution is -2.23. The van der Waals surface area contributed by atoms with Crippen LogP contribution in [0.1, 0.15) is 19.3 Å². The fourth-order valence-corrected chi connectivity index (χ4v) is 1.96. The fraction of sp³-hybridized carbons (Fsp3) is 0.385. The van der Waals surface area contributed by atoms with E-state index in [4.69, 9.17) is 0 Å². The predicted octanol–water partition coefficient (Wildman–Crippen LogP) is 1.64. The molecule has 5 nitrogen and oxygen atoms in total. The van der Waals surface area contributed by atoms with Crippen LogP contribution in [0, 0.1) is 0 Å². The number of hydrogen-bond acceptors (Lipinski definition) is 3. The van der Waals surface area contributed by atoms with Gasteiger partial charge in [0.1, 0.15) is 0 Å². The number of amides is 1. The number of para-hydroxylation sites is 1. The predicted molar refractivity (Wildman–Crippen MR) is 70.4 cm³/mol.